The molecule has 0 aliphatic rings. The second kappa shape index (κ2) is 10.9. The highest BCUT2D eigenvalue weighted by Crippen LogP contribution is 2.31. The van der Waals surface area contributed by atoms with Gasteiger partial charge < -0.3 is 4.55 Å². The number of hydrogen-bond acceptors (Lipinski definition) is 3. The van der Waals surface area contributed by atoms with Crippen molar-refractivity contribution in [2.45, 2.75) is 32.7 Å². The van der Waals surface area contributed by atoms with Crippen LogP contribution in [0.3, 0.4) is 0 Å². The topological polar surface area (TPSA) is 57.2 Å². The Morgan fingerprint density at radius 2 is 1.06 bits per heavy atom. The van der Waals surface area contributed by atoms with Crippen LogP contribution in [0.2, 0.25) is 0 Å². The van der Waals surface area contributed by atoms with Gasteiger partial charge in [-0.1, -0.05) is 54.1 Å². The van der Waals surface area contributed by atoms with Crippen LogP contribution in [-0.4, -0.2) is 13.0 Å². The van der Waals surface area contributed by atoms with E-state index >= 15 is 0 Å². The molecule has 0 bridgehead atoms. The fourth-order valence-electron chi connectivity index (χ4n) is 3.01. The van der Waals surface area contributed by atoms with Crippen LogP contribution in [0.5, 0.6) is 0 Å². The Labute approximate surface area is 200 Å². The minimum atomic E-state index is -4.68. The van der Waals surface area contributed by atoms with Crippen molar-refractivity contribution < 1.29 is 26.1 Å². The number of halogens is 3. The molecule has 0 radical (unpaired) electrons. The third-order valence-corrected chi connectivity index (χ3v) is 7.77. The minimum Gasteiger partial charge on any atom is -0.744 e. The van der Waals surface area contributed by atoms with Gasteiger partial charge in [-0.15, -0.1) is 0 Å². The van der Waals surface area contributed by atoms with Gasteiger partial charge in [-0.2, -0.15) is 13.2 Å². The molecular formula is C26H21F3O3S2. The molecule has 0 saturated carbocycles. The molecule has 0 N–H and O–H groups in total. The zero-order chi connectivity index (χ0) is 24.8. The van der Waals surface area contributed by atoms with E-state index in [1.165, 1.54) is 20.2 Å². The summed E-state index contributed by atoms with van der Waals surface area (Å²) in [5, 5.41) is 0. The summed E-state index contributed by atoms with van der Waals surface area (Å²) in [7, 11) is -4.71. The van der Waals surface area contributed by atoms with Gasteiger partial charge in [-0.25, -0.2) is 8.42 Å². The summed E-state index contributed by atoms with van der Waals surface area (Å²) in [4.78, 5) is 3.42. The maximum atomic E-state index is 12.0. The predicted octanol–water partition coefficient (Wildman–Crippen LogP) is 6.70. The molecule has 0 amide bonds. The number of alkyl halides is 3. The molecule has 34 heavy (non-hydrogen) atoms. The first-order chi connectivity index (χ1) is 16.1. The average Bonchev–Trinajstić information content (AvgIpc) is 2.81. The van der Waals surface area contributed by atoms with Crippen LogP contribution in [0.1, 0.15) is 11.1 Å². The van der Waals surface area contributed by atoms with E-state index in [2.05, 4.69) is 91.9 Å². The van der Waals surface area contributed by atoms with E-state index in [0.717, 1.165) is 0 Å². The summed E-state index contributed by atoms with van der Waals surface area (Å²) in [5.41, 5.74) is 0.309. The van der Waals surface area contributed by atoms with Gasteiger partial charge in [0, 0.05) is 0 Å². The third kappa shape index (κ3) is 6.96. The molecule has 4 aromatic carbocycles. The van der Waals surface area contributed by atoms with E-state index < -0.39 is 26.8 Å². The first-order valence-corrected chi connectivity index (χ1v) is 12.7. The van der Waals surface area contributed by atoms with E-state index in [1.54, 1.807) is 0 Å². The van der Waals surface area contributed by atoms with Crippen LogP contribution < -0.4 is 0 Å². The molecule has 0 aliphatic heterocycles. The molecule has 4 aromatic rings. The van der Waals surface area contributed by atoms with Gasteiger partial charge in [0.05, 0.1) is 21.4 Å². The summed E-state index contributed by atoms with van der Waals surface area (Å²) in [6.07, 6.45) is -4.54. The molecule has 4 rings (SSSR count). The van der Waals surface area contributed by atoms with Gasteiger partial charge in [-0.05, 0) is 67.6 Å². The van der Waals surface area contributed by atoms with Gasteiger partial charge in [0.2, 0.25) is 0 Å². The maximum absolute atomic E-state index is 12.0. The minimum absolute atomic E-state index is 0.0229. The van der Waals surface area contributed by atoms with Crippen molar-refractivity contribution >= 4 is 21.0 Å². The number of benzene rings is 4. The van der Waals surface area contributed by atoms with Crippen LogP contribution in [0.4, 0.5) is 13.2 Å². The lowest BCUT2D eigenvalue weighted by molar-refractivity contribution is -0.137. The zero-order valence-electron chi connectivity index (χ0n) is 18.1. The quantitative estimate of drug-likeness (QED) is 0.230. The normalized spacial score (nSPS) is 11.6. The van der Waals surface area contributed by atoms with Gasteiger partial charge in [0.1, 0.15) is 10.1 Å². The lowest BCUT2D eigenvalue weighted by atomic mass is 10.2. The monoisotopic (exact) mass is 502 g/mol. The summed E-state index contributed by atoms with van der Waals surface area (Å²) in [6, 6.07) is 32.7. The highest BCUT2D eigenvalue weighted by atomic mass is 32.2. The van der Waals surface area contributed by atoms with E-state index in [1.807, 2.05) is 0 Å². The number of rotatable bonds is 4. The standard InChI is InChI=1S/C19H17S.C7H5F3O3S/c1-16-12-14-19(15-13-16)20(17-8-4-2-5-9-17)18-10-6-3-7-11-18;8-7(9,10)5-1-3-6(4-2-5)14(11,12)13/h2-15H,1H3;1-4H,(H,11,12,13)/q+1;/p-1. The average molecular weight is 503 g/mol. The van der Waals surface area contributed by atoms with Gasteiger partial charge in [0.25, 0.3) is 0 Å². The Morgan fingerprint density at radius 3 is 1.44 bits per heavy atom. The van der Waals surface area contributed by atoms with Crippen molar-refractivity contribution in [3.8, 4) is 0 Å². The summed E-state index contributed by atoms with van der Waals surface area (Å²) < 4.78 is 67.0. The highest BCUT2D eigenvalue weighted by molar-refractivity contribution is 7.97. The molecule has 0 saturated heterocycles. The molecule has 0 aliphatic carbocycles. The fraction of sp³-hybridized carbons (Fsp3) is 0.0769. The Bertz CT molecular complexity index is 1250. The van der Waals surface area contributed by atoms with Crippen LogP contribution in [-0.2, 0) is 27.2 Å². The largest absolute Gasteiger partial charge is 0.744 e. The smallest absolute Gasteiger partial charge is 0.416 e. The van der Waals surface area contributed by atoms with Crippen molar-refractivity contribution in [2.24, 2.45) is 0 Å². The van der Waals surface area contributed by atoms with Crippen LogP contribution in [0.15, 0.2) is 129 Å². The van der Waals surface area contributed by atoms with Gasteiger partial charge in [0.15, 0.2) is 14.7 Å². The molecule has 0 spiro atoms. The van der Waals surface area contributed by atoms with Gasteiger partial charge in [-0.3, -0.25) is 0 Å². The van der Waals surface area contributed by atoms with Crippen molar-refractivity contribution in [1.82, 2.24) is 0 Å². The van der Waals surface area contributed by atoms with E-state index in [-0.39, 0.29) is 10.9 Å². The van der Waals surface area contributed by atoms with Crippen molar-refractivity contribution in [2.75, 3.05) is 0 Å². The lowest BCUT2D eigenvalue weighted by Crippen LogP contribution is -2.05. The van der Waals surface area contributed by atoms with Crippen LogP contribution in [0.25, 0.3) is 0 Å². The fourth-order valence-corrected chi connectivity index (χ4v) is 5.56. The molecular weight excluding hydrogens is 481 g/mol. The first-order valence-electron chi connectivity index (χ1n) is 10.1. The zero-order valence-corrected chi connectivity index (χ0v) is 19.7. The van der Waals surface area contributed by atoms with E-state index in [9.17, 15) is 26.1 Å². The van der Waals surface area contributed by atoms with Crippen molar-refractivity contribution in [1.29, 1.82) is 0 Å². The van der Waals surface area contributed by atoms with Gasteiger partial charge >= 0.3 is 6.18 Å². The molecule has 0 heterocycles. The SMILES string of the molecule is Cc1ccc([S+](c2ccccc2)c2ccccc2)cc1.O=S(=O)([O-])c1ccc(C(F)(F)F)cc1. The summed E-state index contributed by atoms with van der Waals surface area (Å²) >= 11 is 0. The Hall–Kier alpha value is -3.07. The summed E-state index contributed by atoms with van der Waals surface area (Å²) in [6.45, 7) is 2.13. The molecule has 0 atom stereocenters. The summed E-state index contributed by atoms with van der Waals surface area (Å²) in [5.74, 6) is 0. The number of hydrogen-bond donors (Lipinski definition) is 0. The second-order valence-corrected chi connectivity index (χ2v) is 10.6. The highest BCUT2D eigenvalue weighted by Gasteiger charge is 2.30. The Balaban J connectivity index is 0.000000204. The predicted molar refractivity (Wildman–Crippen MR) is 126 cm³/mol. The molecule has 0 fully saturated rings. The lowest BCUT2D eigenvalue weighted by Gasteiger charge is -2.09. The first kappa shape index (κ1) is 25.6. The Kier molecular flexibility index (Phi) is 8.19. The number of aryl methyl sites for hydroxylation is 1. The van der Waals surface area contributed by atoms with Crippen LogP contribution >= 0.6 is 0 Å². The Morgan fingerprint density at radius 1 is 0.647 bits per heavy atom. The molecule has 3 nitrogen and oxygen atoms in total. The van der Waals surface area contributed by atoms with Crippen molar-refractivity contribution in [3.05, 3.63) is 120 Å². The molecule has 176 valence electrons. The maximum Gasteiger partial charge on any atom is 0.416 e. The van der Waals surface area contributed by atoms with E-state index in [0.29, 0.717) is 24.3 Å². The van der Waals surface area contributed by atoms with E-state index in [4.69, 9.17) is 0 Å². The molecule has 8 heteroatoms. The van der Waals surface area contributed by atoms with Crippen molar-refractivity contribution in [3.63, 3.8) is 0 Å². The molecule has 0 unspecified atom stereocenters. The van der Waals surface area contributed by atoms with Crippen LogP contribution in [0, 0.1) is 6.92 Å². The molecule has 0 aromatic heterocycles. The second-order valence-electron chi connectivity index (χ2n) is 7.22. The third-order valence-electron chi connectivity index (χ3n) is 4.68.